The molecule has 37 heavy (non-hydrogen) atoms. The number of urea groups is 1. The van der Waals surface area contributed by atoms with Gasteiger partial charge in [0.15, 0.2) is 0 Å². The van der Waals surface area contributed by atoms with Gasteiger partial charge in [0.1, 0.15) is 17.4 Å². The first-order chi connectivity index (χ1) is 17.8. The molecule has 3 amide bonds. The smallest absolute Gasteiger partial charge is 0.344 e. The van der Waals surface area contributed by atoms with Crippen LogP contribution in [0.25, 0.3) is 0 Å². The molecule has 190 valence electrons. The average molecular weight is 501 g/mol. The van der Waals surface area contributed by atoms with Crippen molar-refractivity contribution in [2.45, 2.75) is 19.4 Å². The molecule has 0 spiro atoms. The number of pyridine rings is 1. The van der Waals surface area contributed by atoms with Gasteiger partial charge < -0.3 is 19.6 Å². The molecule has 0 radical (unpaired) electrons. The number of hydrogen-bond donors (Lipinski definition) is 1. The maximum absolute atomic E-state index is 12.9. The summed E-state index contributed by atoms with van der Waals surface area (Å²) in [5.74, 6) is -0.905. The first-order valence-electron chi connectivity index (χ1n) is 11.9. The number of carbonyl (C=O) groups excluding carboxylic acids is 2. The van der Waals surface area contributed by atoms with Gasteiger partial charge in [-0.25, -0.2) is 9.79 Å². The fraction of sp³-hybridized carbons (Fsp3) is 0.250. The number of aliphatic imine (C=N–C) groups is 1. The summed E-state index contributed by atoms with van der Waals surface area (Å²) in [6, 6.07) is 20.2. The number of nitrogens with zero attached hydrogens (tertiary/aromatic N) is 4. The zero-order valence-corrected chi connectivity index (χ0v) is 20.7. The molecule has 0 bridgehead atoms. The molecule has 2 atom stereocenters. The summed E-state index contributed by atoms with van der Waals surface area (Å²) in [5, 5.41) is 9.85. The second-order valence-corrected chi connectivity index (χ2v) is 8.76. The van der Waals surface area contributed by atoms with Crippen LogP contribution in [-0.2, 0) is 4.79 Å². The van der Waals surface area contributed by atoms with E-state index < -0.39 is 24.0 Å². The normalized spacial score (nSPS) is 17.2. The lowest BCUT2D eigenvalue weighted by molar-refractivity contribution is -0.141. The van der Waals surface area contributed by atoms with Crippen molar-refractivity contribution in [1.29, 1.82) is 0 Å². The standard InChI is InChI=1S/C28H28N4O5/c1-19-24(27(34)35)25(23-11-6-7-16-29-23)32(28(36)30-19)18-8-17-31(2)26(33)20-12-14-22(15-13-20)37-21-9-4-3-5-10-21/h3-7,9-16,24-25H,8,17-18H2,1-2H3,(H,34,35). The molecule has 2 heterocycles. The average Bonchev–Trinajstić information content (AvgIpc) is 2.90. The third-order valence-electron chi connectivity index (χ3n) is 6.20. The number of aromatic nitrogens is 1. The van der Waals surface area contributed by atoms with Crippen LogP contribution in [0.1, 0.15) is 35.4 Å². The van der Waals surface area contributed by atoms with E-state index in [1.54, 1.807) is 67.5 Å². The van der Waals surface area contributed by atoms with Crippen LogP contribution >= 0.6 is 0 Å². The highest BCUT2D eigenvalue weighted by Crippen LogP contribution is 2.33. The van der Waals surface area contributed by atoms with E-state index in [1.165, 1.54) is 4.90 Å². The lowest BCUT2D eigenvalue weighted by Crippen LogP contribution is -2.47. The SMILES string of the molecule is CC1=NC(=O)N(CCCN(C)C(=O)c2ccc(Oc3ccccc3)cc2)C(c2ccccn2)C1C(=O)O. The second-order valence-electron chi connectivity index (χ2n) is 8.76. The third-order valence-corrected chi connectivity index (χ3v) is 6.20. The predicted octanol–water partition coefficient (Wildman–Crippen LogP) is 4.67. The van der Waals surface area contributed by atoms with Crippen LogP contribution in [0, 0.1) is 5.92 Å². The lowest BCUT2D eigenvalue weighted by Gasteiger charge is -2.37. The van der Waals surface area contributed by atoms with Crippen molar-refractivity contribution in [2.75, 3.05) is 20.1 Å². The Balaban J connectivity index is 1.39. The van der Waals surface area contributed by atoms with Crippen LogP contribution in [0.15, 0.2) is 84.0 Å². The highest BCUT2D eigenvalue weighted by Gasteiger charge is 2.42. The van der Waals surface area contributed by atoms with Crippen LogP contribution in [0.3, 0.4) is 0 Å². The van der Waals surface area contributed by atoms with Crippen molar-refractivity contribution in [3.63, 3.8) is 0 Å². The Morgan fingerprint density at radius 1 is 1.00 bits per heavy atom. The number of carboxylic acids is 1. The van der Waals surface area contributed by atoms with E-state index in [1.807, 2.05) is 30.3 Å². The van der Waals surface area contributed by atoms with E-state index in [0.717, 1.165) is 0 Å². The van der Waals surface area contributed by atoms with Crippen molar-refractivity contribution in [2.24, 2.45) is 10.9 Å². The molecule has 0 fully saturated rings. The van der Waals surface area contributed by atoms with Crippen molar-refractivity contribution in [3.8, 4) is 11.5 Å². The summed E-state index contributed by atoms with van der Waals surface area (Å²) in [4.78, 5) is 49.0. The number of amides is 3. The molecule has 1 aliphatic rings. The molecular weight excluding hydrogens is 472 g/mol. The first-order valence-corrected chi connectivity index (χ1v) is 11.9. The Labute approximate surface area is 215 Å². The number of para-hydroxylation sites is 1. The molecule has 1 N–H and O–H groups in total. The van der Waals surface area contributed by atoms with E-state index in [9.17, 15) is 19.5 Å². The van der Waals surface area contributed by atoms with Crippen LogP contribution in [0.2, 0.25) is 0 Å². The van der Waals surface area contributed by atoms with Gasteiger partial charge in [-0.05, 0) is 61.9 Å². The van der Waals surface area contributed by atoms with Crippen LogP contribution in [-0.4, -0.2) is 63.6 Å². The molecule has 0 aliphatic carbocycles. The zero-order valence-electron chi connectivity index (χ0n) is 20.7. The number of rotatable bonds is 9. The fourth-order valence-electron chi connectivity index (χ4n) is 4.33. The van der Waals surface area contributed by atoms with Gasteiger partial charge in [0.25, 0.3) is 5.91 Å². The van der Waals surface area contributed by atoms with Gasteiger partial charge in [0.2, 0.25) is 0 Å². The first kappa shape index (κ1) is 25.6. The summed E-state index contributed by atoms with van der Waals surface area (Å²) in [7, 11) is 1.69. The Morgan fingerprint density at radius 3 is 2.32 bits per heavy atom. The van der Waals surface area contributed by atoms with Crippen molar-refractivity contribution < 1.29 is 24.2 Å². The van der Waals surface area contributed by atoms with Crippen LogP contribution < -0.4 is 4.74 Å². The van der Waals surface area contributed by atoms with Gasteiger partial charge in [0, 0.05) is 37.6 Å². The van der Waals surface area contributed by atoms with Gasteiger partial charge in [-0.15, -0.1) is 0 Å². The molecule has 9 nitrogen and oxygen atoms in total. The number of benzene rings is 2. The largest absolute Gasteiger partial charge is 0.481 e. The molecular formula is C28H28N4O5. The third kappa shape index (κ3) is 6.00. The zero-order chi connectivity index (χ0) is 26.4. The van der Waals surface area contributed by atoms with E-state index in [-0.39, 0.29) is 18.2 Å². The van der Waals surface area contributed by atoms with E-state index in [0.29, 0.717) is 35.7 Å². The highest BCUT2D eigenvalue weighted by molar-refractivity contribution is 6.07. The molecule has 0 saturated heterocycles. The van der Waals surface area contributed by atoms with Gasteiger partial charge in [0.05, 0.1) is 11.7 Å². The van der Waals surface area contributed by atoms with Crippen molar-refractivity contribution >= 4 is 23.6 Å². The molecule has 1 aliphatic heterocycles. The van der Waals surface area contributed by atoms with E-state index in [2.05, 4.69) is 9.98 Å². The molecule has 2 unspecified atom stereocenters. The maximum Gasteiger partial charge on any atom is 0.344 e. The Kier molecular flexibility index (Phi) is 7.92. The van der Waals surface area contributed by atoms with Crippen LogP contribution in [0.5, 0.6) is 11.5 Å². The number of ether oxygens (including phenoxy) is 1. The van der Waals surface area contributed by atoms with Crippen molar-refractivity contribution in [1.82, 2.24) is 14.8 Å². The van der Waals surface area contributed by atoms with Crippen LogP contribution in [0.4, 0.5) is 4.79 Å². The fourth-order valence-corrected chi connectivity index (χ4v) is 4.33. The maximum atomic E-state index is 12.9. The molecule has 0 saturated carbocycles. The quantitative estimate of drug-likeness (QED) is 0.457. The van der Waals surface area contributed by atoms with Gasteiger partial charge in [-0.1, -0.05) is 24.3 Å². The predicted molar refractivity (Wildman–Crippen MR) is 138 cm³/mol. The Hall–Kier alpha value is -4.53. The summed E-state index contributed by atoms with van der Waals surface area (Å²) in [5.41, 5.74) is 1.24. The van der Waals surface area contributed by atoms with Crippen molar-refractivity contribution in [3.05, 3.63) is 90.3 Å². The van der Waals surface area contributed by atoms with E-state index in [4.69, 9.17) is 4.74 Å². The minimum atomic E-state index is -1.07. The molecule has 1 aromatic heterocycles. The van der Waals surface area contributed by atoms with Gasteiger partial charge >= 0.3 is 12.0 Å². The molecule has 9 heteroatoms. The summed E-state index contributed by atoms with van der Waals surface area (Å²) >= 11 is 0. The van der Waals surface area contributed by atoms with Gasteiger partial charge in [-0.3, -0.25) is 14.6 Å². The molecule has 2 aromatic carbocycles. The second kappa shape index (κ2) is 11.5. The summed E-state index contributed by atoms with van der Waals surface area (Å²) in [6.45, 7) is 2.13. The minimum Gasteiger partial charge on any atom is -0.481 e. The minimum absolute atomic E-state index is 0.171. The van der Waals surface area contributed by atoms with Gasteiger partial charge in [-0.2, -0.15) is 0 Å². The molecule has 4 rings (SSSR count). The number of carbonyl (C=O) groups is 3. The number of aliphatic carboxylic acids is 1. The lowest BCUT2D eigenvalue weighted by atomic mass is 9.89. The molecule has 3 aromatic rings. The number of hydrogen-bond acceptors (Lipinski definition) is 5. The monoisotopic (exact) mass is 500 g/mol. The summed E-state index contributed by atoms with van der Waals surface area (Å²) in [6.07, 6.45) is 2.01. The topological polar surface area (TPSA) is 112 Å². The highest BCUT2D eigenvalue weighted by atomic mass is 16.5. The Morgan fingerprint density at radius 2 is 1.68 bits per heavy atom. The number of carboxylic acid groups (broad SMARTS) is 1. The van der Waals surface area contributed by atoms with E-state index >= 15 is 0 Å². The summed E-state index contributed by atoms with van der Waals surface area (Å²) < 4.78 is 5.78. The Bertz CT molecular complexity index is 1280.